The molecular weight excluding hydrogens is 666 g/mol. The van der Waals surface area contributed by atoms with Crippen molar-refractivity contribution in [3.63, 3.8) is 0 Å². The van der Waals surface area contributed by atoms with E-state index < -0.39 is 49.9 Å². The van der Waals surface area contributed by atoms with Crippen molar-refractivity contribution in [1.29, 1.82) is 5.26 Å². The summed E-state index contributed by atoms with van der Waals surface area (Å²) in [5.74, 6) is -2.09. The first-order valence-electron chi connectivity index (χ1n) is 14.7. The molecular formula is C30H28F5N7O3S2. The molecule has 0 saturated carbocycles. The van der Waals surface area contributed by atoms with Crippen LogP contribution in [0.3, 0.4) is 0 Å². The van der Waals surface area contributed by atoms with E-state index >= 15 is 4.39 Å². The van der Waals surface area contributed by atoms with E-state index in [4.69, 9.17) is 10.5 Å². The molecule has 3 aliphatic rings. The Morgan fingerprint density at radius 1 is 1.19 bits per heavy atom. The van der Waals surface area contributed by atoms with Gasteiger partial charge in [-0.15, -0.1) is 11.3 Å². The van der Waals surface area contributed by atoms with Gasteiger partial charge in [0.1, 0.15) is 28.2 Å². The number of hydrogen-bond donors (Lipinski definition) is 2. The lowest BCUT2D eigenvalue weighted by atomic mass is 9.85. The van der Waals surface area contributed by atoms with Gasteiger partial charge >= 0.3 is 12.2 Å². The summed E-state index contributed by atoms with van der Waals surface area (Å²) >= 11 is 0.687. The Kier molecular flexibility index (Phi) is 7.32. The maximum Gasteiger partial charge on any atom is 0.417 e. The molecule has 3 aliphatic heterocycles. The fourth-order valence-electron chi connectivity index (χ4n) is 6.83. The molecule has 3 fully saturated rings. The minimum absolute atomic E-state index is 0.0375. The number of sulfonamides is 1. The van der Waals surface area contributed by atoms with Crippen LogP contribution in [-0.2, 0) is 16.2 Å². The zero-order valence-corrected chi connectivity index (χ0v) is 26.7. The minimum Gasteiger partial charge on any atom is -0.463 e. The van der Waals surface area contributed by atoms with Crippen molar-refractivity contribution in [2.24, 2.45) is 5.41 Å². The van der Waals surface area contributed by atoms with E-state index in [1.807, 2.05) is 6.07 Å². The highest BCUT2D eigenvalue weighted by Crippen LogP contribution is 2.48. The predicted molar refractivity (Wildman–Crippen MR) is 167 cm³/mol. The highest BCUT2D eigenvalue weighted by atomic mass is 32.2. The van der Waals surface area contributed by atoms with Gasteiger partial charge < -0.3 is 20.7 Å². The maximum atomic E-state index is 16.9. The average molecular weight is 694 g/mol. The third-order valence-electron chi connectivity index (χ3n) is 9.05. The monoisotopic (exact) mass is 693 g/mol. The van der Waals surface area contributed by atoms with Crippen molar-refractivity contribution in [2.45, 2.75) is 38.0 Å². The number of alkyl halides is 3. The van der Waals surface area contributed by atoms with Gasteiger partial charge in [-0.3, -0.25) is 0 Å². The number of aromatic nitrogens is 2. The molecule has 0 spiro atoms. The number of nitrogens with zero attached hydrogens (tertiary/aromatic N) is 5. The van der Waals surface area contributed by atoms with E-state index in [2.05, 4.69) is 15.3 Å². The number of benzene rings is 2. The number of nitrogen functional groups attached to an aromatic ring is 1. The molecule has 5 heterocycles. The molecule has 0 radical (unpaired) electrons. The van der Waals surface area contributed by atoms with Gasteiger partial charge in [-0.2, -0.15) is 28.4 Å². The van der Waals surface area contributed by atoms with Crippen molar-refractivity contribution < 1.29 is 35.1 Å². The number of nitrogens with two attached hydrogens (primary N) is 1. The van der Waals surface area contributed by atoms with Gasteiger partial charge in [-0.25, -0.2) is 21.5 Å². The van der Waals surface area contributed by atoms with Crippen LogP contribution in [0.5, 0.6) is 6.01 Å². The minimum atomic E-state index is -5.07. The van der Waals surface area contributed by atoms with Crippen LogP contribution in [0.2, 0.25) is 0 Å². The van der Waals surface area contributed by atoms with Crippen LogP contribution in [-0.4, -0.2) is 73.8 Å². The molecule has 2 unspecified atom stereocenters. The summed E-state index contributed by atoms with van der Waals surface area (Å²) in [4.78, 5) is 10.6. The molecule has 3 N–H and O–H groups in total. The van der Waals surface area contributed by atoms with Crippen LogP contribution in [0.1, 0.15) is 30.9 Å². The summed E-state index contributed by atoms with van der Waals surface area (Å²) in [6, 6.07) is 4.36. The van der Waals surface area contributed by atoms with Crippen molar-refractivity contribution in [3.8, 4) is 23.2 Å². The third kappa shape index (κ3) is 5.40. The first kappa shape index (κ1) is 31.7. The van der Waals surface area contributed by atoms with Gasteiger partial charge in [0.05, 0.1) is 28.7 Å². The number of anilines is 2. The van der Waals surface area contributed by atoms with Crippen LogP contribution < -0.4 is 20.7 Å². The van der Waals surface area contributed by atoms with E-state index in [0.29, 0.717) is 24.4 Å². The summed E-state index contributed by atoms with van der Waals surface area (Å²) in [6.07, 6.45) is -2.25. The molecule has 2 aromatic carbocycles. The molecule has 3 saturated heterocycles. The fourth-order valence-corrected chi connectivity index (χ4v) is 8.87. The lowest BCUT2D eigenvalue weighted by molar-refractivity contribution is -0.137. The summed E-state index contributed by atoms with van der Waals surface area (Å²) in [5.41, 5.74) is 2.01. The highest BCUT2D eigenvalue weighted by molar-refractivity contribution is 7.88. The Labute approximate surface area is 270 Å². The van der Waals surface area contributed by atoms with Crippen molar-refractivity contribution >= 4 is 53.2 Å². The zero-order chi connectivity index (χ0) is 33.6. The van der Waals surface area contributed by atoms with E-state index in [1.165, 1.54) is 4.31 Å². The summed E-state index contributed by atoms with van der Waals surface area (Å²) in [7, 11) is -3.41. The van der Waals surface area contributed by atoms with Crippen LogP contribution in [0, 0.1) is 28.4 Å². The smallest absolute Gasteiger partial charge is 0.417 e. The molecule has 10 nitrogen and oxygen atoms in total. The van der Waals surface area contributed by atoms with Crippen molar-refractivity contribution in [3.05, 3.63) is 41.0 Å². The summed E-state index contributed by atoms with van der Waals surface area (Å²) < 4.78 is 107. The zero-order valence-electron chi connectivity index (χ0n) is 25.1. The molecule has 47 heavy (non-hydrogen) atoms. The van der Waals surface area contributed by atoms with Gasteiger partial charge in [-0.05, 0) is 30.5 Å². The Morgan fingerprint density at radius 2 is 1.87 bits per heavy atom. The summed E-state index contributed by atoms with van der Waals surface area (Å²) in [6.45, 7) is 2.93. The number of fused-ring (bicyclic) bond motifs is 4. The normalized spacial score (nSPS) is 21.3. The number of nitrogens with one attached hydrogen (secondary N) is 1. The topological polar surface area (TPSA) is 137 Å². The number of nitriles is 1. The second kappa shape index (κ2) is 10.8. The standard InChI is InChI=1S/C30H28F5N7O3S2/c1-29(11-42(12-29)47(2,43)44)13-45-28-39-24-17(27(40-28)41-9-14-3-4-15(10-41)38-14)7-19(30(33,34)35)22(23(24)32)16-5-6-20(31)25-21(16)18(8-36)26(37)46-25/h5-7,14-15,38H,3-4,9-13,37H2,1-2H3. The van der Waals surface area contributed by atoms with Gasteiger partial charge in [0.25, 0.3) is 0 Å². The molecule has 2 atom stereocenters. The number of hydrogen-bond acceptors (Lipinski definition) is 10. The molecule has 17 heteroatoms. The second-order valence-electron chi connectivity index (χ2n) is 12.8. The molecule has 0 amide bonds. The molecule has 4 aromatic rings. The van der Waals surface area contributed by atoms with E-state index in [-0.39, 0.29) is 75.2 Å². The van der Waals surface area contributed by atoms with Gasteiger partial charge in [-0.1, -0.05) is 13.0 Å². The summed E-state index contributed by atoms with van der Waals surface area (Å²) in [5, 5.41) is 12.7. The number of thiophene rings is 1. The first-order valence-corrected chi connectivity index (χ1v) is 17.3. The first-order chi connectivity index (χ1) is 22.1. The lowest BCUT2D eigenvalue weighted by Gasteiger charge is -2.45. The molecule has 7 rings (SSSR count). The average Bonchev–Trinajstić information content (AvgIpc) is 3.51. The molecule has 0 aliphatic carbocycles. The lowest BCUT2D eigenvalue weighted by Crippen LogP contribution is -2.59. The largest absolute Gasteiger partial charge is 0.463 e. The SMILES string of the molecule is CC1(COc2nc(N3CC4CCC(C3)N4)c3cc(C(F)(F)F)c(-c4ccc(F)c5sc(N)c(C#N)c45)c(F)c3n2)CN(S(C)(=O)=O)C1. The van der Waals surface area contributed by atoms with E-state index in [9.17, 15) is 31.2 Å². The van der Waals surface area contributed by atoms with Crippen LogP contribution in [0.15, 0.2) is 18.2 Å². The van der Waals surface area contributed by atoms with E-state index in [1.54, 1.807) is 11.8 Å². The van der Waals surface area contributed by atoms with Crippen molar-refractivity contribution in [1.82, 2.24) is 19.6 Å². The molecule has 2 bridgehead atoms. The fraction of sp³-hybridized carbons (Fsp3) is 0.433. The number of rotatable bonds is 6. The van der Waals surface area contributed by atoms with Gasteiger partial charge in [0.15, 0.2) is 5.82 Å². The highest BCUT2D eigenvalue weighted by Gasteiger charge is 2.44. The maximum absolute atomic E-state index is 16.9. The second-order valence-corrected chi connectivity index (χ2v) is 15.8. The number of piperazine rings is 1. The Hall–Kier alpha value is -3.85. The predicted octanol–water partition coefficient (Wildman–Crippen LogP) is 4.86. The quantitative estimate of drug-likeness (QED) is 0.271. The molecule has 248 valence electrons. The van der Waals surface area contributed by atoms with Crippen molar-refractivity contribution in [2.75, 3.05) is 49.7 Å². The van der Waals surface area contributed by atoms with Gasteiger partial charge in [0.2, 0.25) is 10.0 Å². The third-order valence-corrected chi connectivity index (χ3v) is 11.3. The Balaban J connectivity index is 1.43. The van der Waals surface area contributed by atoms with Crippen LogP contribution >= 0.6 is 11.3 Å². The Bertz CT molecular complexity index is 2100. The number of halogens is 5. The van der Waals surface area contributed by atoms with E-state index in [0.717, 1.165) is 37.3 Å². The Morgan fingerprint density at radius 3 is 2.49 bits per heavy atom. The van der Waals surface area contributed by atoms with Crippen LogP contribution in [0.25, 0.3) is 32.1 Å². The van der Waals surface area contributed by atoms with Gasteiger partial charge in [0, 0.05) is 60.0 Å². The number of ether oxygens (including phenoxy) is 1. The molecule has 2 aromatic heterocycles. The van der Waals surface area contributed by atoms with Crippen LogP contribution in [0.4, 0.5) is 32.8 Å².